The van der Waals surface area contributed by atoms with Crippen LogP contribution >= 0.6 is 0 Å². The molecule has 35 heavy (non-hydrogen) atoms. The van der Waals surface area contributed by atoms with Crippen molar-refractivity contribution < 1.29 is 31.6 Å². The summed E-state index contributed by atoms with van der Waals surface area (Å²) in [5, 5.41) is 2.70. The molecule has 2 aromatic carbocycles. The molecule has 8 nitrogen and oxygen atoms in total. The van der Waals surface area contributed by atoms with Crippen molar-refractivity contribution in [3.05, 3.63) is 95.7 Å². The largest absolute Gasteiger partial charge is 0.468 e. The summed E-state index contributed by atoms with van der Waals surface area (Å²) in [7, 11) is -3.73. The second kappa shape index (κ2) is 11.6. The van der Waals surface area contributed by atoms with Crippen molar-refractivity contribution in [2.45, 2.75) is 37.4 Å². The van der Waals surface area contributed by atoms with E-state index in [9.17, 15) is 22.4 Å². The zero-order chi connectivity index (χ0) is 25.4. The molecule has 0 radical (unpaired) electrons. The quantitative estimate of drug-likeness (QED) is 0.324. The van der Waals surface area contributed by atoms with Crippen LogP contribution in [0.25, 0.3) is 6.08 Å². The van der Waals surface area contributed by atoms with Gasteiger partial charge in [-0.25, -0.2) is 22.3 Å². The zero-order valence-corrected chi connectivity index (χ0v) is 19.9. The molecule has 2 N–H and O–H groups in total. The van der Waals surface area contributed by atoms with Crippen molar-refractivity contribution in [2.75, 3.05) is 0 Å². The number of esters is 1. The molecular weight excluding hydrogens is 475 g/mol. The molecule has 0 aliphatic heterocycles. The minimum atomic E-state index is -3.73. The predicted molar refractivity (Wildman–Crippen MR) is 127 cm³/mol. The summed E-state index contributed by atoms with van der Waals surface area (Å²) in [5.74, 6) is -1.13. The van der Waals surface area contributed by atoms with Gasteiger partial charge in [0.15, 0.2) is 6.10 Å². The molecule has 2 unspecified atom stereocenters. The molecule has 0 aliphatic carbocycles. The molecule has 1 aromatic heterocycles. The molecule has 0 aliphatic rings. The van der Waals surface area contributed by atoms with Crippen molar-refractivity contribution >= 4 is 28.0 Å². The van der Waals surface area contributed by atoms with E-state index in [-0.39, 0.29) is 17.3 Å². The van der Waals surface area contributed by atoms with Gasteiger partial charge >= 0.3 is 5.97 Å². The van der Waals surface area contributed by atoms with Gasteiger partial charge in [0.2, 0.25) is 10.0 Å². The lowest BCUT2D eigenvalue weighted by Crippen LogP contribution is -2.37. The van der Waals surface area contributed by atoms with Crippen molar-refractivity contribution in [3.63, 3.8) is 0 Å². The van der Waals surface area contributed by atoms with Crippen LogP contribution in [0.1, 0.15) is 36.8 Å². The first-order valence-corrected chi connectivity index (χ1v) is 12.2. The second-order valence-corrected chi connectivity index (χ2v) is 9.43. The van der Waals surface area contributed by atoms with Gasteiger partial charge in [-0.3, -0.25) is 4.79 Å². The van der Waals surface area contributed by atoms with E-state index < -0.39 is 34.0 Å². The number of carbonyl (C=O) groups excluding carboxylic acids is 2. The summed E-state index contributed by atoms with van der Waals surface area (Å²) in [5.41, 5.74) is 1.27. The number of halogens is 1. The molecule has 184 valence electrons. The monoisotopic (exact) mass is 500 g/mol. The maximum absolute atomic E-state index is 13.0. The number of amides is 1. The molecule has 0 spiro atoms. The fourth-order valence-corrected chi connectivity index (χ4v) is 4.01. The van der Waals surface area contributed by atoms with Crippen LogP contribution in [0.2, 0.25) is 0 Å². The van der Waals surface area contributed by atoms with Crippen molar-refractivity contribution in [2.24, 2.45) is 0 Å². The third kappa shape index (κ3) is 7.62. The lowest BCUT2D eigenvalue weighted by Gasteiger charge is -2.17. The molecule has 0 bridgehead atoms. The summed E-state index contributed by atoms with van der Waals surface area (Å²) in [4.78, 5) is 24.5. The van der Waals surface area contributed by atoms with Gasteiger partial charge in [-0.1, -0.05) is 24.3 Å². The summed E-state index contributed by atoms with van der Waals surface area (Å²) >= 11 is 0. The van der Waals surface area contributed by atoms with Crippen LogP contribution in [-0.4, -0.2) is 26.4 Å². The molecule has 1 heterocycles. The first-order chi connectivity index (χ1) is 16.6. The lowest BCUT2D eigenvalue weighted by molar-refractivity contribution is -0.150. The van der Waals surface area contributed by atoms with Gasteiger partial charge in [0.25, 0.3) is 5.91 Å². The van der Waals surface area contributed by atoms with Crippen LogP contribution in [0.5, 0.6) is 0 Å². The Labute approximate surface area is 202 Å². The molecule has 0 fully saturated rings. The molecule has 0 saturated carbocycles. The Morgan fingerprint density at radius 3 is 2.37 bits per heavy atom. The fourth-order valence-electron chi connectivity index (χ4n) is 3.02. The van der Waals surface area contributed by atoms with Gasteiger partial charge in [-0.05, 0) is 67.4 Å². The number of benzene rings is 2. The van der Waals surface area contributed by atoms with Crippen LogP contribution < -0.4 is 10.0 Å². The molecule has 3 rings (SSSR count). The topological polar surface area (TPSA) is 115 Å². The Kier molecular flexibility index (Phi) is 8.56. The van der Waals surface area contributed by atoms with E-state index in [0.717, 1.165) is 6.08 Å². The highest BCUT2D eigenvalue weighted by Crippen LogP contribution is 2.14. The van der Waals surface area contributed by atoms with Crippen LogP contribution in [0.4, 0.5) is 4.39 Å². The van der Waals surface area contributed by atoms with E-state index in [1.165, 1.54) is 55.7 Å². The maximum atomic E-state index is 13.0. The lowest BCUT2D eigenvalue weighted by atomic mass is 10.1. The van der Waals surface area contributed by atoms with Gasteiger partial charge in [-0.15, -0.1) is 0 Å². The van der Waals surface area contributed by atoms with E-state index >= 15 is 0 Å². The van der Waals surface area contributed by atoms with Gasteiger partial charge < -0.3 is 14.5 Å². The Morgan fingerprint density at radius 1 is 1.06 bits per heavy atom. The number of rotatable bonds is 10. The molecule has 1 amide bonds. The molecular formula is C25H25FN2O6S. The van der Waals surface area contributed by atoms with Crippen LogP contribution in [-0.2, 0) is 30.9 Å². The number of furan rings is 1. The van der Waals surface area contributed by atoms with E-state index in [1.807, 2.05) is 0 Å². The SMILES string of the molecule is CC(OC(=O)/C=C/c1ccc(S(=O)(=O)NCc2ccco2)cc1)C(=O)NC(C)c1ccc(F)cc1. The maximum Gasteiger partial charge on any atom is 0.331 e. The van der Waals surface area contributed by atoms with Gasteiger partial charge in [0.1, 0.15) is 11.6 Å². The number of hydrogen-bond acceptors (Lipinski definition) is 6. The molecule has 10 heteroatoms. The average Bonchev–Trinajstić information content (AvgIpc) is 3.36. The Morgan fingerprint density at radius 2 is 1.74 bits per heavy atom. The summed E-state index contributed by atoms with van der Waals surface area (Å²) in [6.07, 6.45) is 2.99. The third-order valence-corrected chi connectivity index (χ3v) is 6.43. The molecule has 0 saturated heterocycles. The number of hydrogen-bond donors (Lipinski definition) is 2. The minimum Gasteiger partial charge on any atom is -0.468 e. The standard InChI is InChI=1S/C25H25FN2O6S/c1-17(20-8-10-21(26)11-9-20)28-25(30)18(2)34-24(29)14-7-19-5-12-23(13-6-19)35(31,32)27-16-22-4-3-15-33-22/h3-15,17-18,27H,16H2,1-2H3,(H,28,30)/b14-7+. The number of sulfonamides is 1. The van der Waals surface area contributed by atoms with E-state index in [1.54, 1.807) is 31.2 Å². The smallest absolute Gasteiger partial charge is 0.331 e. The highest BCUT2D eigenvalue weighted by atomic mass is 32.2. The van der Waals surface area contributed by atoms with Crippen LogP contribution in [0, 0.1) is 5.82 Å². The van der Waals surface area contributed by atoms with Crippen molar-refractivity contribution in [3.8, 4) is 0 Å². The highest BCUT2D eigenvalue weighted by molar-refractivity contribution is 7.89. The minimum absolute atomic E-state index is 0.0251. The average molecular weight is 501 g/mol. The normalized spacial score (nSPS) is 13.3. The Hall–Kier alpha value is -3.76. The summed E-state index contributed by atoms with van der Waals surface area (Å²) < 4.78 is 50.5. The van der Waals surface area contributed by atoms with Gasteiger partial charge in [0, 0.05) is 6.08 Å². The summed E-state index contributed by atoms with van der Waals surface area (Å²) in [6, 6.07) is 14.5. The van der Waals surface area contributed by atoms with E-state index in [4.69, 9.17) is 9.15 Å². The van der Waals surface area contributed by atoms with E-state index in [0.29, 0.717) is 16.9 Å². The van der Waals surface area contributed by atoms with Crippen LogP contribution in [0.3, 0.4) is 0 Å². The number of ether oxygens (including phenoxy) is 1. The number of carbonyl (C=O) groups is 2. The first-order valence-electron chi connectivity index (χ1n) is 10.7. The first kappa shape index (κ1) is 25.9. The van der Waals surface area contributed by atoms with Crippen LogP contribution in [0.15, 0.2) is 82.3 Å². The second-order valence-electron chi connectivity index (χ2n) is 7.67. The predicted octanol–water partition coefficient (Wildman–Crippen LogP) is 3.72. The fraction of sp³-hybridized carbons (Fsp3) is 0.200. The zero-order valence-electron chi connectivity index (χ0n) is 19.1. The van der Waals surface area contributed by atoms with Gasteiger partial charge in [0.05, 0.1) is 23.7 Å². The Bertz CT molecular complexity index is 1270. The van der Waals surface area contributed by atoms with Crippen molar-refractivity contribution in [1.82, 2.24) is 10.0 Å². The van der Waals surface area contributed by atoms with E-state index in [2.05, 4.69) is 10.0 Å². The Balaban J connectivity index is 1.50. The van der Waals surface area contributed by atoms with Crippen molar-refractivity contribution in [1.29, 1.82) is 0 Å². The summed E-state index contributed by atoms with van der Waals surface area (Å²) in [6.45, 7) is 3.20. The molecule has 3 aromatic rings. The highest BCUT2D eigenvalue weighted by Gasteiger charge is 2.19. The number of nitrogens with one attached hydrogen (secondary N) is 2. The third-order valence-electron chi connectivity index (χ3n) is 5.01. The van der Waals surface area contributed by atoms with Gasteiger partial charge in [-0.2, -0.15) is 0 Å². The molecule has 2 atom stereocenters.